The summed E-state index contributed by atoms with van der Waals surface area (Å²) in [5, 5.41) is 4.66. The highest BCUT2D eigenvalue weighted by Crippen LogP contribution is 2.26. The number of benzene rings is 1. The van der Waals surface area contributed by atoms with E-state index >= 15 is 0 Å². The van der Waals surface area contributed by atoms with E-state index in [2.05, 4.69) is 48.3 Å². The lowest BCUT2D eigenvalue weighted by molar-refractivity contribution is 0.578. The van der Waals surface area contributed by atoms with Crippen LogP contribution in [0.25, 0.3) is 10.9 Å². The van der Waals surface area contributed by atoms with Crippen LogP contribution >= 0.6 is 0 Å². The van der Waals surface area contributed by atoms with Gasteiger partial charge in [0, 0.05) is 30.7 Å². The molecule has 1 aliphatic rings. The summed E-state index contributed by atoms with van der Waals surface area (Å²) in [6, 6.07) is 8.94. The van der Waals surface area contributed by atoms with Crippen LogP contribution in [0.5, 0.6) is 0 Å². The van der Waals surface area contributed by atoms with Gasteiger partial charge in [-0.1, -0.05) is 6.92 Å². The van der Waals surface area contributed by atoms with E-state index < -0.39 is 0 Å². The molecule has 3 heteroatoms. The minimum absolute atomic E-state index is 0.977. The molecule has 0 bridgehead atoms. The van der Waals surface area contributed by atoms with Gasteiger partial charge in [-0.05, 0) is 62.4 Å². The fraction of sp³-hybridized carbons (Fsp3) is 0.500. The molecule has 1 aromatic carbocycles. The first-order valence-corrected chi connectivity index (χ1v) is 8.18. The number of nitrogens with zero attached hydrogens (tertiary/aromatic N) is 2. The molecule has 21 heavy (non-hydrogen) atoms. The summed E-state index contributed by atoms with van der Waals surface area (Å²) in [4.78, 5) is 7.27. The minimum atomic E-state index is 0.977. The molecule has 2 aromatic rings. The maximum Gasteiger partial charge on any atom is 0.129 e. The van der Waals surface area contributed by atoms with Crippen LogP contribution in [0.15, 0.2) is 24.3 Å². The van der Waals surface area contributed by atoms with Crippen LogP contribution in [0.2, 0.25) is 0 Å². The van der Waals surface area contributed by atoms with E-state index in [4.69, 9.17) is 4.98 Å². The summed E-state index contributed by atoms with van der Waals surface area (Å²) >= 11 is 0. The molecule has 112 valence electrons. The Morgan fingerprint density at radius 2 is 1.95 bits per heavy atom. The van der Waals surface area contributed by atoms with E-state index in [0.717, 1.165) is 24.3 Å². The standard InChI is InChI=1S/C18H25N3/c1-3-9-19-18-14(2)12-15-13-16(7-8-17(15)20-18)21-10-5-4-6-11-21/h7-8,12-13H,3-6,9-11H2,1-2H3,(H,19,20). The van der Waals surface area contributed by atoms with Crippen molar-refractivity contribution in [2.24, 2.45) is 0 Å². The molecule has 0 radical (unpaired) electrons. The minimum Gasteiger partial charge on any atom is -0.372 e. The van der Waals surface area contributed by atoms with Crippen molar-refractivity contribution in [3.05, 3.63) is 29.8 Å². The van der Waals surface area contributed by atoms with Crippen molar-refractivity contribution in [1.82, 2.24) is 4.98 Å². The third-order valence-corrected chi connectivity index (χ3v) is 4.25. The van der Waals surface area contributed by atoms with Gasteiger partial charge in [-0.25, -0.2) is 4.98 Å². The van der Waals surface area contributed by atoms with Crippen molar-refractivity contribution >= 4 is 22.4 Å². The largest absolute Gasteiger partial charge is 0.372 e. The molecular formula is C18H25N3. The number of anilines is 2. The predicted octanol–water partition coefficient (Wildman–Crippen LogP) is 4.36. The number of aromatic nitrogens is 1. The lowest BCUT2D eigenvalue weighted by Crippen LogP contribution is -2.29. The summed E-state index contributed by atoms with van der Waals surface area (Å²) < 4.78 is 0. The number of piperidine rings is 1. The van der Waals surface area contributed by atoms with Crippen molar-refractivity contribution in [2.45, 2.75) is 39.5 Å². The molecule has 1 fully saturated rings. The zero-order valence-electron chi connectivity index (χ0n) is 13.2. The Kier molecular flexibility index (Phi) is 4.28. The van der Waals surface area contributed by atoms with Gasteiger partial charge in [-0.2, -0.15) is 0 Å². The monoisotopic (exact) mass is 283 g/mol. The second-order valence-corrected chi connectivity index (χ2v) is 6.01. The summed E-state index contributed by atoms with van der Waals surface area (Å²) in [7, 11) is 0. The third-order valence-electron chi connectivity index (χ3n) is 4.25. The zero-order valence-corrected chi connectivity index (χ0v) is 13.2. The van der Waals surface area contributed by atoms with Gasteiger partial charge < -0.3 is 10.2 Å². The first-order chi connectivity index (χ1) is 10.3. The highest BCUT2D eigenvalue weighted by atomic mass is 15.1. The number of rotatable bonds is 4. The summed E-state index contributed by atoms with van der Waals surface area (Å²) in [5.41, 5.74) is 3.66. The van der Waals surface area contributed by atoms with Crippen molar-refractivity contribution in [1.29, 1.82) is 0 Å². The fourth-order valence-electron chi connectivity index (χ4n) is 3.04. The Balaban J connectivity index is 1.90. The van der Waals surface area contributed by atoms with Gasteiger partial charge in [-0.3, -0.25) is 0 Å². The van der Waals surface area contributed by atoms with Gasteiger partial charge >= 0.3 is 0 Å². The average Bonchev–Trinajstić information content (AvgIpc) is 2.53. The fourth-order valence-corrected chi connectivity index (χ4v) is 3.04. The SMILES string of the molecule is CCCNc1nc2ccc(N3CCCCC3)cc2cc1C. The first-order valence-electron chi connectivity index (χ1n) is 8.18. The summed E-state index contributed by atoms with van der Waals surface area (Å²) in [5.74, 6) is 1.02. The average molecular weight is 283 g/mol. The van der Waals surface area contributed by atoms with E-state index in [1.165, 1.54) is 49.0 Å². The van der Waals surface area contributed by atoms with Crippen molar-refractivity contribution in [3.63, 3.8) is 0 Å². The van der Waals surface area contributed by atoms with Crippen LogP contribution in [0.1, 0.15) is 38.2 Å². The predicted molar refractivity (Wildman–Crippen MR) is 91.3 cm³/mol. The number of nitrogens with one attached hydrogen (secondary N) is 1. The Hall–Kier alpha value is -1.77. The molecule has 0 spiro atoms. The summed E-state index contributed by atoms with van der Waals surface area (Å²) in [6.07, 6.45) is 5.12. The van der Waals surface area contributed by atoms with Crippen molar-refractivity contribution in [2.75, 3.05) is 29.9 Å². The number of hydrogen-bond acceptors (Lipinski definition) is 3. The van der Waals surface area contributed by atoms with E-state index in [1.807, 2.05) is 0 Å². The Bertz CT molecular complexity index is 615. The van der Waals surface area contributed by atoms with Crippen LogP contribution < -0.4 is 10.2 Å². The smallest absolute Gasteiger partial charge is 0.129 e. The molecule has 0 atom stereocenters. The van der Waals surface area contributed by atoms with E-state index in [1.54, 1.807) is 0 Å². The number of hydrogen-bond donors (Lipinski definition) is 1. The van der Waals surface area contributed by atoms with E-state index in [9.17, 15) is 0 Å². The lowest BCUT2D eigenvalue weighted by atomic mass is 10.1. The van der Waals surface area contributed by atoms with Crippen LogP contribution in [0, 0.1) is 6.92 Å². The second-order valence-electron chi connectivity index (χ2n) is 6.01. The van der Waals surface area contributed by atoms with Gasteiger partial charge in [0.2, 0.25) is 0 Å². The molecular weight excluding hydrogens is 258 g/mol. The lowest BCUT2D eigenvalue weighted by Gasteiger charge is -2.29. The molecule has 0 unspecified atom stereocenters. The molecule has 0 amide bonds. The Labute approximate surface area is 127 Å². The zero-order chi connectivity index (χ0) is 14.7. The van der Waals surface area contributed by atoms with E-state index in [-0.39, 0.29) is 0 Å². The molecule has 1 aliphatic heterocycles. The first kappa shape index (κ1) is 14.2. The van der Waals surface area contributed by atoms with Crippen LogP contribution in [0.3, 0.4) is 0 Å². The van der Waals surface area contributed by atoms with Crippen LogP contribution in [0.4, 0.5) is 11.5 Å². The van der Waals surface area contributed by atoms with Crippen LogP contribution in [-0.2, 0) is 0 Å². The number of aryl methyl sites for hydroxylation is 1. The quantitative estimate of drug-likeness (QED) is 0.904. The highest BCUT2D eigenvalue weighted by molar-refractivity contribution is 5.85. The third kappa shape index (κ3) is 3.12. The maximum absolute atomic E-state index is 4.77. The van der Waals surface area contributed by atoms with E-state index in [0.29, 0.717) is 0 Å². The normalized spacial score (nSPS) is 15.4. The molecule has 1 N–H and O–H groups in total. The van der Waals surface area contributed by atoms with Crippen molar-refractivity contribution in [3.8, 4) is 0 Å². The highest BCUT2D eigenvalue weighted by Gasteiger charge is 2.12. The van der Waals surface area contributed by atoms with Crippen molar-refractivity contribution < 1.29 is 0 Å². The molecule has 1 aromatic heterocycles. The number of pyridine rings is 1. The Morgan fingerprint density at radius 1 is 1.14 bits per heavy atom. The second kappa shape index (κ2) is 6.33. The molecule has 2 heterocycles. The van der Waals surface area contributed by atoms with Gasteiger partial charge in [-0.15, -0.1) is 0 Å². The number of fused-ring (bicyclic) bond motifs is 1. The Morgan fingerprint density at radius 3 is 2.71 bits per heavy atom. The molecule has 3 rings (SSSR count). The topological polar surface area (TPSA) is 28.2 Å². The molecule has 0 saturated carbocycles. The summed E-state index contributed by atoms with van der Waals surface area (Å²) in [6.45, 7) is 7.67. The maximum atomic E-state index is 4.77. The van der Waals surface area contributed by atoms with Gasteiger partial charge in [0.05, 0.1) is 5.52 Å². The van der Waals surface area contributed by atoms with Gasteiger partial charge in [0.1, 0.15) is 5.82 Å². The van der Waals surface area contributed by atoms with Crippen LogP contribution in [-0.4, -0.2) is 24.6 Å². The molecule has 3 nitrogen and oxygen atoms in total. The molecule has 1 saturated heterocycles. The van der Waals surface area contributed by atoms with Gasteiger partial charge in [0.15, 0.2) is 0 Å². The molecule has 0 aliphatic carbocycles. The van der Waals surface area contributed by atoms with Gasteiger partial charge in [0.25, 0.3) is 0 Å².